The zero-order valence-corrected chi connectivity index (χ0v) is 20.0. The van der Waals surface area contributed by atoms with Gasteiger partial charge in [-0.1, -0.05) is 44.1 Å². The van der Waals surface area contributed by atoms with Crippen LogP contribution in [-0.2, 0) is 22.6 Å². The molecule has 5 rings (SSSR count). The fraction of sp³-hybridized carbons (Fsp3) is 0.536. The van der Waals surface area contributed by atoms with E-state index in [0.29, 0.717) is 19.0 Å². The second-order valence-electron chi connectivity index (χ2n) is 10.4. The zero-order valence-electron chi connectivity index (χ0n) is 20.0. The summed E-state index contributed by atoms with van der Waals surface area (Å²) in [6.07, 6.45) is 8.84. The molecule has 1 aromatic carbocycles. The normalized spacial score (nSPS) is 31.0. The number of fused-ring (bicyclic) bond motifs is 2. The maximum atomic E-state index is 13.1. The third-order valence-corrected chi connectivity index (χ3v) is 8.06. The average Bonchev–Trinajstić information content (AvgIpc) is 3.40. The molecule has 176 valence electrons. The van der Waals surface area contributed by atoms with Crippen LogP contribution in [0.1, 0.15) is 50.9 Å². The van der Waals surface area contributed by atoms with Crippen LogP contribution >= 0.6 is 0 Å². The fourth-order valence-electron chi connectivity index (χ4n) is 6.33. The summed E-state index contributed by atoms with van der Waals surface area (Å²) in [4.78, 5) is 15.4. The van der Waals surface area contributed by atoms with Gasteiger partial charge >= 0.3 is 5.97 Å². The number of hydrogen-bond acceptors (Lipinski definition) is 5. The highest BCUT2D eigenvalue weighted by atomic mass is 16.6. The maximum Gasteiger partial charge on any atom is 0.311 e. The van der Waals surface area contributed by atoms with Crippen LogP contribution < -0.4 is 4.74 Å². The van der Waals surface area contributed by atoms with Crippen molar-refractivity contribution in [1.82, 2.24) is 4.90 Å². The Morgan fingerprint density at radius 2 is 2.00 bits per heavy atom. The van der Waals surface area contributed by atoms with Crippen LogP contribution in [0.2, 0.25) is 0 Å². The summed E-state index contributed by atoms with van der Waals surface area (Å²) in [5.41, 5.74) is 2.93. The van der Waals surface area contributed by atoms with Crippen LogP contribution in [0.3, 0.4) is 0 Å². The van der Waals surface area contributed by atoms with Gasteiger partial charge in [0, 0.05) is 19.0 Å². The molecule has 0 amide bonds. The molecule has 0 radical (unpaired) electrons. The lowest BCUT2D eigenvalue weighted by molar-refractivity contribution is -0.145. The van der Waals surface area contributed by atoms with Gasteiger partial charge in [0.15, 0.2) is 0 Å². The minimum absolute atomic E-state index is 0.00741. The highest BCUT2D eigenvalue weighted by molar-refractivity contribution is 5.76. The third kappa shape index (κ3) is 4.48. The van der Waals surface area contributed by atoms with Gasteiger partial charge in [0.05, 0.1) is 25.8 Å². The first-order chi connectivity index (χ1) is 15.9. The molecule has 0 bridgehead atoms. The molecule has 33 heavy (non-hydrogen) atoms. The molecule has 2 heterocycles. The first-order valence-corrected chi connectivity index (χ1v) is 12.3. The number of rotatable bonds is 7. The number of methoxy groups -OCH3 is 1. The fourth-order valence-corrected chi connectivity index (χ4v) is 6.33. The number of carbonyl (C=O) groups is 1. The lowest BCUT2D eigenvalue weighted by Crippen LogP contribution is -2.40. The molecule has 0 spiro atoms. The number of furan rings is 1. The Bertz CT molecular complexity index is 995. The molecular weight excluding hydrogens is 414 g/mol. The number of nitrogens with zero attached hydrogens (tertiary/aromatic N) is 1. The number of carbonyl (C=O) groups excluding carboxylic acids is 1. The second kappa shape index (κ2) is 9.02. The van der Waals surface area contributed by atoms with Crippen molar-refractivity contribution in [2.24, 2.45) is 23.2 Å². The van der Waals surface area contributed by atoms with Crippen molar-refractivity contribution in [2.45, 2.75) is 58.7 Å². The summed E-state index contributed by atoms with van der Waals surface area (Å²) in [6, 6.07) is 12.0. The molecular formula is C28H35NO4. The topological polar surface area (TPSA) is 51.9 Å². The Kier molecular flexibility index (Phi) is 6.09. The van der Waals surface area contributed by atoms with E-state index in [9.17, 15) is 4.79 Å². The summed E-state index contributed by atoms with van der Waals surface area (Å²) >= 11 is 0. The highest BCUT2D eigenvalue weighted by Gasteiger charge is 2.51. The van der Waals surface area contributed by atoms with Crippen molar-refractivity contribution < 1.29 is 18.7 Å². The number of ether oxygens (including phenoxy) is 2. The Morgan fingerprint density at radius 3 is 2.73 bits per heavy atom. The standard InChI is InChI=1S/C28H35NO4/c1-19-6-4-12-28(2)15-26-23(14-25(19)28)24(27(30)33-26)18-29(17-22-7-5-13-32-22)16-20-8-10-21(31-3)11-9-20/h5,7-11,13-14,19,23-24,26H,4,6,12,15-18H2,1-3H3/t19-,23+,24+,26+,28+/m0/s1. The van der Waals surface area contributed by atoms with Gasteiger partial charge < -0.3 is 13.9 Å². The summed E-state index contributed by atoms with van der Waals surface area (Å²) in [5, 5.41) is 0. The molecule has 3 aliphatic rings. The molecule has 1 aromatic heterocycles. The van der Waals surface area contributed by atoms with Crippen molar-refractivity contribution in [3.8, 4) is 5.75 Å². The number of benzene rings is 1. The summed E-state index contributed by atoms with van der Waals surface area (Å²) < 4.78 is 16.9. The molecule has 5 nitrogen and oxygen atoms in total. The zero-order chi connectivity index (χ0) is 23.0. The van der Waals surface area contributed by atoms with Crippen LogP contribution in [0.5, 0.6) is 5.75 Å². The lowest BCUT2D eigenvalue weighted by Gasteiger charge is -2.46. The van der Waals surface area contributed by atoms with E-state index in [1.54, 1.807) is 18.9 Å². The largest absolute Gasteiger partial charge is 0.497 e. The van der Waals surface area contributed by atoms with Crippen molar-refractivity contribution in [2.75, 3.05) is 13.7 Å². The van der Waals surface area contributed by atoms with Crippen LogP contribution in [0.25, 0.3) is 0 Å². The van der Waals surface area contributed by atoms with E-state index in [4.69, 9.17) is 13.9 Å². The van der Waals surface area contributed by atoms with Crippen molar-refractivity contribution in [3.05, 3.63) is 65.6 Å². The van der Waals surface area contributed by atoms with Crippen LogP contribution in [0.15, 0.2) is 58.7 Å². The number of allylic oxidation sites excluding steroid dienone is 1. The third-order valence-electron chi connectivity index (χ3n) is 8.06. The average molecular weight is 450 g/mol. The van der Waals surface area contributed by atoms with Crippen molar-refractivity contribution in [1.29, 1.82) is 0 Å². The lowest BCUT2D eigenvalue weighted by atomic mass is 9.59. The van der Waals surface area contributed by atoms with Crippen molar-refractivity contribution >= 4 is 5.97 Å². The Labute approximate surface area is 196 Å². The predicted octanol–water partition coefficient (Wildman–Crippen LogP) is 5.60. The van der Waals surface area contributed by atoms with E-state index in [1.807, 2.05) is 24.3 Å². The molecule has 0 unspecified atom stereocenters. The SMILES string of the molecule is COc1ccc(CN(Cc2ccco2)C[C@H]2C(=O)O[C@@H]3C[C@@]4(C)CCC[C@H](C)C4=C[C@@H]32)cc1. The monoisotopic (exact) mass is 449 g/mol. The van der Waals surface area contributed by atoms with Gasteiger partial charge in [0.2, 0.25) is 0 Å². The summed E-state index contributed by atoms with van der Waals surface area (Å²) in [7, 11) is 1.68. The van der Waals surface area contributed by atoms with Gasteiger partial charge in [-0.25, -0.2) is 0 Å². The summed E-state index contributed by atoms with van der Waals surface area (Å²) in [6.45, 7) is 6.77. The molecule has 5 heteroatoms. The van der Waals surface area contributed by atoms with E-state index in [-0.39, 0.29) is 29.3 Å². The van der Waals surface area contributed by atoms with Crippen LogP contribution in [0.4, 0.5) is 0 Å². The van der Waals surface area contributed by atoms with E-state index in [1.165, 1.54) is 24.8 Å². The Balaban J connectivity index is 1.38. The second-order valence-corrected chi connectivity index (χ2v) is 10.4. The highest BCUT2D eigenvalue weighted by Crippen LogP contribution is 2.54. The van der Waals surface area contributed by atoms with Gasteiger partial charge in [-0.3, -0.25) is 9.69 Å². The number of hydrogen-bond donors (Lipinski definition) is 0. The minimum atomic E-state index is -0.144. The summed E-state index contributed by atoms with van der Waals surface area (Å²) in [5.74, 6) is 2.32. The molecule has 1 saturated heterocycles. The molecule has 2 aromatic rings. The van der Waals surface area contributed by atoms with Gasteiger partial charge in [0.1, 0.15) is 17.6 Å². The maximum absolute atomic E-state index is 13.1. The molecule has 1 saturated carbocycles. The van der Waals surface area contributed by atoms with E-state index in [2.05, 4.69) is 37.0 Å². The quantitative estimate of drug-likeness (QED) is 0.407. The Morgan fingerprint density at radius 1 is 1.18 bits per heavy atom. The molecule has 2 fully saturated rings. The van der Waals surface area contributed by atoms with Gasteiger partial charge in [0.25, 0.3) is 0 Å². The Hall–Kier alpha value is -2.53. The van der Waals surface area contributed by atoms with Crippen LogP contribution in [-0.4, -0.2) is 30.6 Å². The first kappa shape index (κ1) is 22.3. The van der Waals surface area contributed by atoms with Gasteiger partial charge in [-0.05, 0) is 60.4 Å². The van der Waals surface area contributed by atoms with E-state index < -0.39 is 0 Å². The number of esters is 1. The minimum Gasteiger partial charge on any atom is -0.497 e. The first-order valence-electron chi connectivity index (χ1n) is 12.3. The van der Waals surface area contributed by atoms with E-state index in [0.717, 1.165) is 24.5 Å². The molecule has 0 N–H and O–H groups in total. The van der Waals surface area contributed by atoms with Gasteiger partial charge in [-0.15, -0.1) is 0 Å². The molecule has 2 aliphatic carbocycles. The molecule has 5 atom stereocenters. The van der Waals surface area contributed by atoms with Crippen molar-refractivity contribution in [3.63, 3.8) is 0 Å². The van der Waals surface area contributed by atoms with Crippen LogP contribution in [0, 0.1) is 23.2 Å². The predicted molar refractivity (Wildman–Crippen MR) is 126 cm³/mol. The smallest absolute Gasteiger partial charge is 0.311 e. The van der Waals surface area contributed by atoms with Gasteiger partial charge in [-0.2, -0.15) is 0 Å². The molecule has 1 aliphatic heterocycles. The van der Waals surface area contributed by atoms with E-state index >= 15 is 0 Å².